The Morgan fingerprint density at radius 3 is 2.45 bits per heavy atom. The number of ether oxygens (including phenoxy) is 1. The Labute approximate surface area is 130 Å². The third kappa shape index (κ3) is 4.76. The standard InChI is InChI=1S/C14H23BN2O5/c1-14(2,3)22-13(18)17-6-4-16(5-7-17)9-12-8-11(10-21-12)15(19)20/h8,10,19-20H,4-7,9H2,1-3H3. The van der Waals surface area contributed by atoms with Crippen molar-refractivity contribution in [2.45, 2.75) is 32.9 Å². The van der Waals surface area contributed by atoms with Crippen LogP contribution in [0.2, 0.25) is 0 Å². The Hall–Kier alpha value is -1.51. The van der Waals surface area contributed by atoms with Crippen LogP contribution in [0.1, 0.15) is 26.5 Å². The lowest BCUT2D eigenvalue weighted by atomic mass is 9.82. The highest BCUT2D eigenvalue weighted by molar-refractivity contribution is 6.58. The second-order valence-electron chi connectivity index (χ2n) is 6.46. The van der Waals surface area contributed by atoms with Crippen LogP contribution in [0.15, 0.2) is 16.7 Å². The van der Waals surface area contributed by atoms with Gasteiger partial charge < -0.3 is 24.1 Å². The molecule has 0 aromatic carbocycles. The quantitative estimate of drug-likeness (QED) is 0.765. The number of carbonyl (C=O) groups excluding carboxylic acids is 1. The fraction of sp³-hybridized carbons (Fsp3) is 0.643. The number of hydrogen-bond donors (Lipinski definition) is 2. The van der Waals surface area contributed by atoms with Crippen LogP contribution in [-0.2, 0) is 11.3 Å². The fourth-order valence-electron chi connectivity index (χ4n) is 2.25. The maximum Gasteiger partial charge on any atom is 0.491 e. The Kier molecular flexibility index (Phi) is 5.15. The van der Waals surface area contributed by atoms with Crippen molar-refractivity contribution >= 4 is 18.7 Å². The molecule has 0 radical (unpaired) electrons. The van der Waals surface area contributed by atoms with Crippen molar-refractivity contribution in [1.82, 2.24) is 9.80 Å². The van der Waals surface area contributed by atoms with Crippen molar-refractivity contribution in [3.8, 4) is 0 Å². The van der Waals surface area contributed by atoms with Gasteiger partial charge in [0, 0.05) is 31.6 Å². The van der Waals surface area contributed by atoms with Crippen LogP contribution in [-0.4, -0.2) is 64.8 Å². The van der Waals surface area contributed by atoms with E-state index in [0.29, 0.717) is 30.9 Å². The van der Waals surface area contributed by atoms with Gasteiger partial charge in [0.25, 0.3) is 0 Å². The first-order chi connectivity index (χ1) is 10.2. The molecule has 1 aliphatic rings. The first-order valence-electron chi connectivity index (χ1n) is 7.38. The molecule has 1 amide bonds. The van der Waals surface area contributed by atoms with Crippen LogP contribution < -0.4 is 5.46 Å². The zero-order chi connectivity index (χ0) is 16.3. The van der Waals surface area contributed by atoms with E-state index in [0.717, 1.165) is 13.1 Å². The predicted octanol–water partition coefficient (Wildman–Crippen LogP) is 0.0121. The first kappa shape index (κ1) is 16.9. The molecule has 1 aromatic rings. The normalized spacial score (nSPS) is 16.7. The zero-order valence-electron chi connectivity index (χ0n) is 13.3. The van der Waals surface area contributed by atoms with Crippen LogP contribution in [0.5, 0.6) is 0 Å². The third-order valence-corrected chi connectivity index (χ3v) is 3.38. The number of nitrogens with zero attached hydrogens (tertiary/aromatic N) is 2. The van der Waals surface area contributed by atoms with Gasteiger partial charge in [0.15, 0.2) is 0 Å². The SMILES string of the molecule is CC(C)(C)OC(=O)N1CCN(Cc2cc(B(O)O)co2)CC1. The Morgan fingerprint density at radius 2 is 1.95 bits per heavy atom. The molecule has 0 aliphatic carbocycles. The van der Waals surface area contributed by atoms with Crippen molar-refractivity contribution in [2.24, 2.45) is 0 Å². The molecule has 22 heavy (non-hydrogen) atoms. The van der Waals surface area contributed by atoms with Gasteiger partial charge in [0.1, 0.15) is 11.4 Å². The van der Waals surface area contributed by atoms with Crippen molar-refractivity contribution in [3.05, 3.63) is 18.1 Å². The van der Waals surface area contributed by atoms with E-state index < -0.39 is 12.7 Å². The molecule has 2 rings (SSSR count). The lowest BCUT2D eigenvalue weighted by Gasteiger charge is -2.35. The summed E-state index contributed by atoms with van der Waals surface area (Å²) in [5, 5.41) is 18.1. The van der Waals surface area contributed by atoms with Crippen molar-refractivity contribution in [1.29, 1.82) is 0 Å². The first-order valence-corrected chi connectivity index (χ1v) is 7.38. The van der Waals surface area contributed by atoms with Gasteiger partial charge in [-0.1, -0.05) is 0 Å². The molecule has 0 saturated carbocycles. The minimum atomic E-state index is -1.51. The van der Waals surface area contributed by atoms with Crippen LogP contribution in [0.3, 0.4) is 0 Å². The fourth-order valence-corrected chi connectivity index (χ4v) is 2.25. The maximum atomic E-state index is 12.0. The highest BCUT2D eigenvalue weighted by Crippen LogP contribution is 2.13. The minimum Gasteiger partial charge on any atom is -0.468 e. The summed E-state index contributed by atoms with van der Waals surface area (Å²) < 4.78 is 10.7. The molecular weight excluding hydrogens is 287 g/mol. The van der Waals surface area contributed by atoms with Gasteiger partial charge in [-0.2, -0.15) is 0 Å². The summed E-state index contributed by atoms with van der Waals surface area (Å²) in [6.45, 7) is 8.78. The molecule has 7 nitrogen and oxygen atoms in total. The summed E-state index contributed by atoms with van der Waals surface area (Å²) in [5.74, 6) is 0.675. The maximum absolute atomic E-state index is 12.0. The molecule has 0 spiro atoms. The van der Waals surface area contributed by atoms with E-state index in [1.54, 1.807) is 11.0 Å². The van der Waals surface area contributed by atoms with Crippen LogP contribution in [0, 0.1) is 0 Å². The third-order valence-electron chi connectivity index (χ3n) is 3.38. The second-order valence-corrected chi connectivity index (χ2v) is 6.46. The largest absolute Gasteiger partial charge is 0.491 e. The monoisotopic (exact) mass is 310 g/mol. The van der Waals surface area contributed by atoms with Gasteiger partial charge in [0.2, 0.25) is 0 Å². The lowest BCUT2D eigenvalue weighted by Crippen LogP contribution is -2.49. The number of piperazine rings is 1. The zero-order valence-corrected chi connectivity index (χ0v) is 13.3. The molecule has 1 aromatic heterocycles. The van der Waals surface area contributed by atoms with E-state index in [2.05, 4.69) is 4.90 Å². The molecule has 2 N–H and O–H groups in total. The molecule has 122 valence electrons. The number of furan rings is 1. The van der Waals surface area contributed by atoms with Gasteiger partial charge >= 0.3 is 13.2 Å². The van der Waals surface area contributed by atoms with E-state index in [9.17, 15) is 4.79 Å². The summed E-state index contributed by atoms with van der Waals surface area (Å²) >= 11 is 0. The van der Waals surface area contributed by atoms with Crippen molar-refractivity contribution < 1.29 is 24.0 Å². The molecule has 8 heteroatoms. The van der Waals surface area contributed by atoms with Gasteiger partial charge in [-0.25, -0.2) is 4.79 Å². The van der Waals surface area contributed by atoms with Crippen molar-refractivity contribution in [2.75, 3.05) is 26.2 Å². The van der Waals surface area contributed by atoms with Crippen molar-refractivity contribution in [3.63, 3.8) is 0 Å². The van der Waals surface area contributed by atoms with E-state index in [4.69, 9.17) is 19.2 Å². The van der Waals surface area contributed by atoms with E-state index in [1.807, 2.05) is 20.8 Å². The average Bonchev–Trinajstić information content (AvgIpc) is 2.86. The smallest absolute Gasteiger partial charge is 0.468 e. The molecular formula is C14H23BN2O5. The summed E-state index contributed by atoms with van der Waals surface area (Å²) in [5.41, 5.74) is -0.133. The van der Waals surface area contributed by atoms with Crippen LogP contribution in [0.25, 0.3) is 0 Å². The number of rotatable bonds is 3. The molecule has 2 heterocycles. The molecule has 0 bridgehead atoms. The Morgan fingerprint density at radius 1 is 1.32 bits per heavy atom. The van der Waals surface area contributed by atoms with Gasteiger partial charge in [-0.05, 0) is 26.8 Å². The molecule has 0 atom stereocenters. The summed E-state index contributed by atoms with van der Waals surface area (Å²) in [4.78, 5) is 15.8. The van der Waals surface area contributed by atoms with E-state index in [1.165, 1.54) is 6.26 Å². The molecule has 0 unspecified atom stereocenters. The topological polar surface area (TPSA) is 86.4 Å². The highest BCUT2D eigenvalue weighted by atomic mass is 16.6. The lowest BCUT2D eigenvalue weighted by molar-refractivity contribution is 0.0134. The van der Waals surface area contributed by atoms with Crippen LogP contribution >= 0.6 is 0 Å². The Bertz CT molecular complexity index is 504. The predicted molar refractivity (Wildman–Crippen MR) is 81.6 cm³/mol. The van der Waals surface area contributed by atoms with Gasteiger partial charge in [-0.15, -0.1) is 0 Å². The second kappa shape index (κ2) is 6.72. The highest BCUT2D eigenvalue weighted by Gasteiger charge is 2.26. The molecule has 1 saturated heterocycles. The van der Waals surface area contributed by atoms with Gasteiger partial charge in [-0.3, -0.25) is 4.90 Å². The summed E-state index contributed by atoms with van der Waals surface area (Å²) in [7, 11) is -1.51. The van der Waals surface area contributed by atoms with E-state index >= 15 is 0 Å². The minimum absolute atomic E-state index is 0.282. The van der Waals surface area contributed by atoms with Gasteiger partial charge in [0.05, 0.1) is 12.8 Å². The summed E-state index contributed by atoms with van der Waals surface area (Å²) in [6, 6.07) is 1.63. The average molecular weight is 310 g/mol. The Balaban J connectivity index is 1.80. The number of carbonyl (C=O) groups is 1. The molecule has 1 aliphatic heterocycles. The number of amides is 1. The van der Waals surface area contributed by atoms with E-state index in [-0.39, 0.29) is 6.09 Å². The molecule has 1 fully saturated rings. The number of hydrogen-bond acceptors (Lipinski definition) is 6. The van der Waals surface area contributed by atoms with Crippen LogP contribution in [0.4, 0.5) is 4.79 Å². The summed E-state index contributed by atoms with van der Waals surface area (Å²) in [6.07, 6.45) is 1.06.